The van der Waals surface area contributed by atoms with Crippen molar-refractivity contribution in [2.45, 2.75) is 64.6 Å². The summed E-state index contributed by atoms with van der Waals surface area (Å²) >= 11 is 0. The summed E-state index contributed by atoms with van der Waals surface area (Å²) in [7, 11) is 0. The van der Waals surface area contributed by atoms with Crippen molar-refractivity contribution in [2.75, 3.05) is 0 Å². The highest BCUT2D eigenvalue weighted by Crippen LogP contribution is 2.33. The summed E-state index contributed by atoms with van der Waals surface area (Å²) in [6.45, 7) is 3.74. The summed E-state index contributed by atoms with van der Waals surface area (Å²) in [5, 5.41) is 4.24. The number of hydrogen-bond acceptors (Lipinski definition) is 1. The number of alkyl halides is 3. The molecule has 1 heterocycles. The molecule has 0 unspecified atom stereocenters. The molecule has 0 spiro atoms. The van der Waals surface area contributed by atoms with Crippen LogP contribution >= 0.6 is 0 Å². The molecule has 0 aliphatic heterocycles. The van der Waals surface area contributed by atoms with Crippen molar-refractivity contribution in [3.05, 3.63) is 17.0 Å². The molecule has 1 aliphatic rings. The van der Waals surface area contributed by atoms with Gasteiger partial charge in [-0.3, -0.25) is 4.68 Å². The second-order valence-electron chi connectivity index (χ2n) is 5.05. The van der Waals surface area contributed by atoms with Gasteiger partial charge < -0.3 is 0 Å². The molecular formula is C13H19F3N2. The van der Waals surface area contributed by atoms with Crippen LogP contribution in [-0.4, -0.2) is 16.0 Å². The van der Waals surface area contributed by atoms with Gasteiger partial charge in [-0.25, -0.2) is 0 Å². The van der Waals surface area contributed by atoms with E-state index in [1.165, 1.54) is 0 Å². The van der Waals surface area contributed by atoms with Gasteiger partial charge in [0.15, 0.2) is 0 Å². The van der Waals surface area contributed by atoms with Crippen LogP contribution in [0.3, 0.4) is 0 Å². The molecule has 0 amide bonds. The number of halogens is 3. The van der Waals surface area contributed by atoms with Crippen molar-refractivity contribution in [3.8, 4) is 0 Å². The van der Waals surface area contributed by atoms with Gasteiger partial charge in [-0.2, -0.15) is 18.3 Å². The first kappa shape index (κ1) is 13.4. The van der Waals surface area contributed by atoms with Gasteiger partial charge in [0, 0.05) is 5.69 Å². The van der Waals surface area contributed by atoms with Crippen LogP contribution in [0.25, 0.3) is 0 Å². The normalized spacial score (nSPS) is 17.6. The first-order valence-electron chi connectivity index (χ1n) is 6.56. The Hall–Kier alpha value is -1.00. The largest absolute Gasteiger partial charge is 0.394 e. The van der Waals surface area contributed by atoms with Crippen LogP contribution in [0.4, 0.5) is 13.2 Å². The van der Waals surface area contributed by atoms with E-state index >= 15 is 0 Å². The fraction of sp³-hybridized carbons (Fsp3) is 0.769. The van der Waals surface area contributed by atoms with Gasteiger partial charge in [-0.1, -0.05) is 19.8 Å². The molecule has 2 nitrogen and oxygen atoms in total. The standard InChI is InChI=1S/C13H19F3N2/c1-3-12-9(2)11(8-13(14,15)16)17-18(12)10-6-4-5-7-10/h10H,3-8H2,1-2H3. The fourth-order valence-electron chi connectivity index (χ4n) is 2.84. The van der Waals surface area contributed by atoms with Crippen LogP contribution < -0.4 is 0 Å². The molecule has 0 aromatic carbocycles. The fourth-order valence-corrected chi connectivity index (χ4v) is 2.84. The minimum Gasteiger partial charge on any atom is -0.266 e. The Morgan fingerprint density at radius 1 is 1.28 bits per heavy atom. The highest BCUT2D eigenvalue weighted by Gasteiger charge is 2.32. The summed E-state index contributed by atoms with van der Waals surface area (Å²) < 4.78 is 39.3. The molecule has 0 bridgehead atoms. The Morgan fingerprint density at radius 3 is 2.39 bits per heavy atom. The SMILES string of the molecule is CCc1c(C)c(CC(F)(F)F)nn1C1CCCC1. The monoisotopic (exact) mass is 260 g/mol. The van der Waals surface area contributed by atoms with Crippen LogP contribution in [0.2, 0.25) is 0 Å². The van der Waals surface area contributed by atoms with Crippen LogP contribution in [-0.2, 0) is 12.8 Å². The zero-order chi connectivity index (χ0) is 13.3. The van der Waals surface area contributed by atoms with E-state index in [4.69, 9.17) is 0 Å². The summed E-state index contributed by atoms with van der Waals surface area (Å²) in [6, 6.07) is 0.306. The van der Waals surface area contributed by atoms with Crippen molar-refractivity contribution >= 4 is 0 Å². The van der Waals surface area contributed by atoms with Gasteiger partial charge in [0.2, 0.25) is 0 Å². The lowest BCUT2D eigenvalue weighted by molar-refractivity contribution is -0.128. The molecule has 1 aromatic rings. The number of aromatic nitrogens is 2. The molecule has 102 valence electrons. The Bertz CT molecular complexity index is 415. The third-order valence-corrected chi connectivity index (χ3v) is 3.74. The lowest BCUT2D eigenvalue weighted by Gasteiger charge is -2.13. The molecule has 5 heteroatoms. The average Bonchev–Trinajstić information content (AvgIpc) is 2.86. The zero-order valence-electron chi connectivity index (χ0n) is 10.8. The highest BCUT2D eigenvalue weighted by molar-refractivity contribution is 5.26. The second-order valence-corrected chi connectivity index (χ2v) is 5.05. The van der Waals surface area contributed by atoms with E-state index < -0.39 is 12.6 Å². The molecule has 0 N–H and O–H groups in total. The molecule has 1 aromatic heterocycles. The first-order valence-corrected chi connectivity index (χ1v) is 6.56. The Balaban J connectivity index is 2.32. The van der Waals surface area contributed by atoms with Crippen LogP contribution in [0.1, 0.15) is 55.6 Å². The minimum absolute atomic E-state index is 0.200. The predicted molar refractivity (Wildman–Crippen MR) is 63.6 cm³/mol. The molecule has 18 heavy (non-hydrogen) atoms. The molecule has 0 radical (unpaired) electrons. The average molecular weight is 260 g/mol. The maximum Gasteiger partial charge on any atom is 0.394 e. The molecule has 0 saturated heterocycles. The predicted octanol–water partition coefficient (Wildman–Crippen LogP) is 3.97. The van der Waals surface area contributed by atoms with Crippen LogP contribution in [0.5, 0.6) is 0 Å². The smallest absolute Gasteiger partial charge is 0.266 e. The second kappa shape index (κ2) is 4.94. The van der Waals surface area contributed by atoms with Gasteiger partial charge in [-0.15, -0.1) is 0 Å². The molecule has 1 saturated carbocycles. The summed E-state index contributed by atoms with van der Waals surface area (Å²) in [4.78, 5) is 0. The van der Waals surface area contributed by atoms with Crippen molar-refractivity contribution in [2.24, 2.45) is 0 Å². The van der Waals surface area contributed by atoms with Crippen LogP contribution in [0.15, 0.2) is 0 Å². The summed E-state index contributed by atoms with van der Waals surface area (Å²) in [5.41, 5.74) is 1.90. The van der Waals surface area contributed by atoms with Gasteiger partial charge in [0.1, 0.15) is 0 Å². The van der Waals surface area contributed by atoms with E-state index in [2.05, 4.69) is 5.10 Å². The van der Waals surface area contributed by atoms with Gasteiger partial charge in [0.25, 0.3) is 0 Å². The van der Waals surface area contributed by atoms with Crippen molar-refractivity contribution in [1.29, 1.82) is 0 Å². The van der Waals surface area contributed by atoms with E-state index in [0.717, 1.165) is 43.4 Å². The van der Waals surface area contributed by atoms with E-state index in [1.54, 1.807) is 6.92 Å². The maximum absolute atomic E-state index is 12.5. The zero-order valence-corrected chi connectivity index (χ0v) is 10.8. The van der Waals surface area contributed by atoms with Gasteiger partial charge in [-0.05, 0) is 31.7 Å². The van der Waals surface area contributed by atoms with Crippen molar-refractivity contribution in [1.82, 2.24) is 9.78 Å². The third kappa shape index (κ3) is 2.70. The Morgan fingerprint density at radius 2 is 1.89 bits per heavy atom. The molecule has 2 rings (SSSR count). The van der Waals surface area contributed by atoms with Gasteiger partial charge in [0.05, 0.1) is 18.2 Å². The number of hydrogen-bond donors (Lipinski definition) is 0. The Labute approximate surface area is 105 Å². The summed E-state index contributed by atoms with van der Waals surface area (Å²) in [6.07, 6.45) is 0.0468. The molecule has 1 fully saturated rings. The van der Waals surface area contributed by atoms with E-state index in [0.29, 0.717) is 6.04 Å². The first-order chi connectivity index (χ1) is 8.42. The van der Waals surface area contributed by atoms with Gasteiger partial charge >= 0.3 is 6.18 Å². The number of rotatable bonds is 3. The van der Waals surface area contributed by atoms with Crippen LogP contribution in [0, 0.1) is 6.92 Å². The maximum atomic E-state index is 12.5. The summed E-state index contributed by atoms with van der Waals surface area (Å²) in [5.74, 6) is 0. The topological polar surface area (TPSA) is 17.8 Å². The van der Waals surface area contributed by atoms with Crippen molar-refractivity contribution in [3.63, 3.8) is 0 Å². The highest BCUT2D eigenvalue weighted by atomic mass is 19.4. The quantitative estimate of drug-likeness (QED) is 0.804. The molecular weight excluding hydrogens is 241 g/mol. The van der Waals surface area contributed by atoms with E-state index in [-0.39, 0.29) is 5.69 Å². The molecule has 1 aliphatic carbocycles. The minimum atomic E-state index is -4.18. The molecule has 0 atom stereocenters. The lowest BCUT2D eigenvalue weighted by Crippen LogP contribution is -2.14. The van der Waals surface area contributed by atoms with Crippen molar-refractivity contribution < 1.29 is 13.2 Å². The Kier molecular flexibility index (Phi) is 3.69. The third-order valence-electron chi connectivity index (χ3n) is 3.74. The lowest BCUT2D eigenvalue weighted by atomic mass is 10.1. The van der Waals surface area contributed by atoms with E-state index in [9.17, 15) is 13.2 Å². The number of nitrogens with zero attached hydrogens (tertiary/aromatic N) is 2. The van der Waals surface area contributed by atoms with E-state index in [1.807, 2.05) is 11.6 Å².